The number of nitrogens with zero attached hydrogens (tertiary/aromatic N) is 4. The third-order valence-corrected chi connectivity index (χ3v) is 2.30. The molecule has 3 N–H and O–H groups in total. The van der Waals surface area contributed by atoms with Crippen LogP contribution in [0.3, 0.4) is 0 Å². The highest BCUT2D eigenvalue weighted by molar-refractivity contribution is 6.32. The van der Waals surface area contributed by atoms with E-state index in [1.54, 1.807) is 0 Å². The van der Waals surface area contributed by atoms with Gasteiger partial charge in [0.2, 0.25) is 5.95 Å². The quantitative estimate of drug-likeness (QED) is 0.593. The predicted molar refractivity (Wildman–Crippen MR) is 63.0 cm³/mol. The second-order valence-corrected chi connectivity index (χ2v) is 3.40. The van der Waals surface area contributed by atoms with Gasteiger partial charge < -0.3 is 4.90 Å². The molecule has 0 atom stereocenters. The number of hydrogen-bond acceptors (Lipinski definition) is 6. The van der Waals surface area contributed by atoms with E-state index in [-0.39, 0.29) is 0 Å². The molecule has 86 valence electrons. The van der Waals surface area contributed by atoms with Crippen LogP contribution >= 0.6 is 11.6 Å². The van der Waals surface area contributed by atoms with Crippen LogP contribution in [0, 0.1) is 11.3 Å². The molecule has 1 rings (SSSR count). The highest BCUT2D eigenvalue weighted by atomic mass is 35.5. The maximum absolute atomic E-state index is 8.55. The van der Waals surface area contributed by atoms with E-state index in [0.717, 1.165) is 0 Å². The zero-order chi connectivity index (χ0) is 12.0. The van der Waals surface area contributed by atoms with Gasteiger partial charge in [0, 0.05) is 13.1 Å². The average molecular weight is 241 g/mol. The Balaban J connectivity index is 2.94. The summed E-state index contributed by atoms with van der Waals surface area (Å²) >= 11 is 5.99. The van der Waals surface area contributed by atoms with E-state index in [2.05, 4.69) is 21.5 Å². The van der Waals surface area contributed by atoms with Crippen LogP contribution in [-0.2, 0) is 0 Å². The van der Waals surface area contributed by atoms with Crippen molar-refractivity contribution in [1.29, 1.82) is 5.26 Å². The monoisotopic (exact) mass is 240 g/mol. The lowest BCUT2D eigenvalue weighted by Gasteiger charge is -2.21. The molecule has 1 heterocycles. The molecular formula is C9H13ClN6. The van der Waals surface area contributed by atoms with Crippen LogP contribution in [0.15, 0.2) is 6.20 Å². The van der Waals surface area contributed by atoms with E-state index in [4.69, 9.17) is 22.7 Å². The summed E-state index contributed by atoms with van der Waals surface area (Å²) in [6.07, 6.45) is 1.90. The minimum atomic E-state index is 0.301. The number of halogens is 1. The first-order chi connectivity index (χ1) is 7.72. The van der Waals surface area contributed by atoms with Crippen molar-refractivity contribution in [1.82, 2.24) is 9.97 Å². The number of aromatic nitrogens is 2. The number of hydrazine groups is 1. The van der Waals surface area contributed by atoms with Crippen LogP contribution in [0.2, 0.25) is 5.02 Å². The molecule has 1 aromatic heterocycles. The normalized spacial score (nSPS) is 9.62. The Morgan fingerprint density at radius 2 is 2.44 bits per heavy atom. The molecule has 0 fully saturated rings. The van der Waals surface area contributed by atoms with Crippen molar-refractivity contribution >= 4 is 23.4 Å². The van der Waals surface area contributed by atoms with Gasteiger partial charge in [0.1, 0.15) is 5.02 Å². The number of nitrogen functional groups attached to an aromatic ring is 1. The van der Waals surface area contributed by atoms with Crippen molar-refractivity contribution in [3.05, 3.63) is 11.2 Å². The smallest absolute Gasteiger partial charge is 0.239 e. The number of hydrogen-bond donors (Lipinski definition) is 2. The Bertz CT molecular complexity index is 388. The topological polar surface area (TPSA) is 90.9 Å². The first kappa shape index (κ1) is 12.5. The van der Waals surface area contributed by atoms with E-state index in [9.17, 15) is 0 Å². The van der Waals surface area contributed by atoms with Crippen molar-refractivity contribution in [3.8, 4) is 6.07 Å². The molecular weight excluding hydrogens is 228 g/mol. The van der Waals surface area contributed by atoms with Gasteiger partial charge in [-0.1, -0.05) is 11.6 Å². The Morgan fingerprint density at radius 3 is 3.00 bits per heavy atom. The lowest BCUT2D eigenvalue weighted by atomic mass is 10.4. The second-order valence-electron chi connectivity index (χ2n) is 3.00. The van der Waals surface area contributed by atoms with Gasteiger partial charge in [-0.25, -0.2) is 10.8 Å². The minimum Gasteiger partial charge on any atom is -0.354 e. The summed E-state index contributed by atoms with van der Waals surface area (Å²) in [5.74, 6) is 6.11. The fourth-order valence-electron chi connectivity index (χ4n) is 1.25. The van der Waals surface area contributed by atoms with Gasteiger partial charge in [-0.15, -0.1) is 0 Å². The van der Waals surface area contributed by atoms with Crippen molar-refractivity contribution < 1.29 is 0 Å². The largest absolute Gasteiger partial charge is 0.354 e. The molecule has 0 spiro atoms. The molecule has 1 aromatic rings. The number of nitrogens with two attached hydrogens (primary N) is 1. The number of rotatable bonds is 5. The fourth-order valence-corrected chi connectivity index (χ4v) is 1.46. The molecule has 6 nitrogen and oxygen atoms in total. The fraction of sp³-hybridized carbons (Fsp3) is 0.444. The highest BCUT2D eigenvalue weighted by Gasteiger charge is 2.11. The van der Waals surface area contributed by atoms with E-state index in [1.165, 1.54) is 6.20 Å². The highest BCUT2D eigenvalue weighted by Crippen LogP contribution is 2.23. The molecule has 0 aliphatic carbocycles. The summed E-state index contributed by atoms with van der Waals surface area (Å²) in [6.45, 7) is 3.25. The maximum atomic E-state index is 8.55. The zero-order valence-corrected chi connectivity index (χ0v) is 9.70. The SMILES string of the molecule is CCN(CCC#N)c1nc(NN)ncc1Cl. The average Bonchev–Trinajstić information content (AvgIpc) is 2.32. The maximum Gasteiger partial charge on any atom is 0.239 e. The summed E-state index contributed by atoms with van der Waals surface area (Å²) < 4.78 is 0. The first-order valence-electron chi connectivity index (χ1n) is 4.84. The standard InChI is InChI=1S/C9H13ClN6/c1-2-16(5-3-4-11)8-7(10)6-13-9(14-8)15-12/h6H,2-3,5,12H2,1H3,(H,13,14,15). The Labute approximate surface area is 99.0 Å². The van der Waals surface area contributed by atoms with Crippen LogP contribution < -0.4 is 16.2 Å². The summed E-state index contributed by atoms with van der Waals surface area (Å²) in [4.78, 5) is 9.93. The first-order valence-corrected chi connectivity index (χ1v) is 5.21. The minimum absolute atomic E-state index is 0.301. The molecule has 0 saturated heterocycles. The van der Waals surface area contributed by atoms with E-state index < -0.39 is 0 Å². The van der Waals surface area contributed by atoms with E-state index in [1.807, 2.05) is 11.8 Å². The molecule has 0 saturated carbocycles. The van der Waals surface area contributed by atoms with Crippen LogP contribution in [0.4, 0.5) is 11.8 Å². The third-order valence-electron chi connectivity index (χ3n) is 2.03. The molecule has 0 bridgehead atoms. The molecule has 0 aromatic carbocycles. The molecule has 16 heavy (non-hydrogen) atoms. The van der Waals surface area contributed by atoms with Crippen LogP contribution in [0.1, 0.15) is 13.3 Å². The van der Waals surface area contributed by atoms with Gasteiger partial charge in [0.15, 0.2) is 5.82 Å². The van der Waals surface area contributed by atoms with Gasteiger partial charge >= 0.3 is 0 Å². The van der Waals surface area contributed by atoms with Gasteiger partial charge in [0.05, 0.1) is 18.7 Å². The van der Waals surface area contributed by atoms with Gasteiger partial charge in [-0.2, -0.15) is 10.2 Å². The summed E-state index contributed by atoms with van der Waals surface area (Å²) in [6, 6.07) is 2.08. The second kappa shape index (κ2) is 6.10. The Hall–Kier alpha value is -1.58. The van der Waals surface area contributed by atoms with Crippen molar-refractivity contribution in [2.24, 2.45) is 5.84 Å². The lowest BCUT2D eigenvalue weighted by Crippen LogP contribution is -2.26. The van der Waals surface area contributed by atoms with Gasteiger partial charge in [-0.3, -0.25) is 5.43 Å². The van der Waals surface area contributed by atoms with Crippen molar-refractivity contribution in [2.45, 2.75) is 13.3 Å². The zero-order valence-electron chi connectivity index (χ0n) is 8.94. The van der Waals surface area contributed by atoms with Crippen molar-refractivity contribution in [2.75, 3.05) is 23.4 Å². The molecule has 7 heteroatoms. The Kier molecular flexibility index (Phi) is 4.76. The van der Waals surface area contributed by atoms with E-state index in [0.29, 0.717) is 36.3 Å². The molecule has 0 amide bonds. The van der Waals surface area contributed by atoms with Gasteiger partial charge in [0.25, 0.3) is 0 Å². The molecule has 0 aliphatic heterocycles. The van der Waals surface area contributed by atoms with E-state index >= 15 is 0 Å². The van der Waals surface area contributed by atoms with Crippen molar-refractivity contribution in [3.63, 3.8) is 0 Å². The Morgan fingerprint density at radius 1 is 1.69 bits per heavy atom. The summed E-state index contributed by atoms with van der Waals surface area (Å²) in [5, 5.41) is 9.00. The third kappa shape index (κ3) is 2.95. The van der Waals surface area contributed by atoms with Crippen LogP contribution in [-0.4, -0.2) is 23.1 Å². The molecule has 0 unspecified atom stereocenters. The summed E-state index contributed by atoms with van der Waals surface area (Å²) in [5.41, 5.74) is 2.36. The van der Waals surface area contributed by atoms with Crippen LogP contribution in [0.25, 0.3) is 0 Å². The number of anilines is 2. The number of nitrogens with one attached hydrogen (secondary N) is 1. The molecule has 0 aliphatic rings. The number of nitriles is 1. The summed E-state index contributed by atoms with van der Waals surface area (Å²) in [7, 11) is 0. The lowest BCUT2D eigenvalue weighted by molar-refractivity contribution is 0.808. The van der Waals surface area contributed by atoms with Gasteiger partial charge in [-0.05, 0) is 6.92 Å². The molecule has 0 radical (unpaired) electrons. The predicted octanol–water partition coefficient (Wildman–Crippen LogP) is 1.16. The van der Waals surface area contributed by atoms with Crippen LogP contribution in [0.5, 0.6) is 0 Å².